The van der Waals surface area contributed by atoms with Crippen LogP contribution in [0.15, 0.2) is 23.1 Å². The Morgan fingerprint density at radius 3 is 2.61 bits per heavy atom. The normalized spacial score (nSPS) is 11.2. The van der Waals surface area contributed by atoms with Gasteiger partial charge in [0.15, 0.2) is 9.84 Å². The number of amides is 1. The van der Waals surface area contributed by atoms with Gasteiger partial charge in [0.1, 0.15) is 0 Å². The zero-order valence-corrected chi connectivity index (χ0v) is 11.4. The molecule has 1 aromatic carbocycles. The zero-order valence-electron chi connectivity index (χ0n) is 10.6. The lowest BCUT2D eigenvalue weighted by Gasteiger charge is -2.08. The summed E-state index contributed by atoms with van der Waals surface area (Å²) in [5.41, 5.74) is 6.75. The van der Waals surface area contributed by atoms with Crippen molar-refractivity contribution in [2.75, 3.05) is 18.5 Å². The third-order valence-electron chi connectivity index (χ3n) is 2.63. The SMILES string of the molecule is CNC(=O)CCCS(=O)(=O)c1ccc(N)cc1C. The van der Waals surface area contributed by atoms with Gasteiger partial charge in [0.05, 0.1) is 10.6 Å². The van der Waals surface area contributed by atoms with Crippen molar-refractivity contribution < 1.29 is 13.2 Å². The van der Waals surface area contributed by atoms with E-state index in [9.17, 15) is 13.2 Å². The molecule has 1 aromatic rings. The molecule has 100 valence electrons. The molecule has 0 saturated heterocycles. The average Bonchev–Trinajstić information content (AvgIpc) is 2.27. The van der Waals surface area contributed by atoms with Crippen molar-refractivity contribution in [1.29, 1.82) is 0 Å². The number of carbonyl (C=O) groups is 1. The fourth-order valence-corrected chi connectivity index (χ4v) is 3.25. The molecule has 3 N–H and O–H groups in total. The lowest BCUT2D eigenvalue weighted by molar-refractivity contribution is -0.120. The highest BCUT2D eigenvalue weighted by molar-refractivity contribution is 7.91. The van der Waals surface area contributed by atoms with Crippen LogP contribution in [0.25, 0.3) is 0 Å². The van der Waals surface area contributed by atoms with E-state index >= 15 is 0 Å². The third kappa shape index (κ3) is 3.73. The summed E-state index contributed by atoms with van der Waals surface area (Å²) in [5, 5.41) is 2.46. The molecular formula is C12H18N2O3S. The van der Waals surface area contributed by atoms with Crippen LogP contribution in [-0.4, -0.2) is 27.1 Å². The van der Waals surface area contributed by atoms with Gasteiger partial charge in [-0.05, 0) is 37.1 Å². The number of hydrogen-bond donors (Lipinski definition) is 2. The van der Waals surface area contributed by atoms with E-state index in [1.165, 1.54) is 13.1 Å². The zero-order chi connectivity index (χ0) is 13.8. The molecule has 5 nitrogen and oxygen atoms in total. The molecular weight excluding hydrogens is 252 g/mol. The maximum atomic E-state index is 12.1. The Hall–Kier alpha value is -1.56. The number of sulfone groups is 1. The first-order valence-electron chi connectivity index (χ1n) is 5.66. The quantitative estimate of drug-likeness (QED) is 0.777. The van der Waals surface area contributed by atoms with Gasteiger partial charge in [-0.3, -0.25) is 4.79 Å². The van der Waals surface area contributed by atoms with Crippen LogP contribution in [0.2, 0.25) is 0 Å². The molecule has 0 aliphatic carbocycles. The van der Waals surface area contributed by atoms with Crippen LogP contribution in [0.3, 0.4) is 0 Å². The molecule has 0 spiro atoms. The van der Waals surface area contributed by atoms with E-state index in [1.54, 1.807) is 19.1 Å². The standard InChI is InChI=1S/C12H18N2O3S/c1-9-8-10(13)5-6-11(9)18(16,17)7-3-4-12(15)14-2/h5-6,8H,3-4,7,13H2,1-2H3,(H,14,15). The largest absolute Gasteiger partial charge is 0.399 e. The number of aryl methyl sites for hydroxylation is 1. The van der Waals surface area contributed by atoms with E-state index in [4.69, 9.17) is 5.73 Å². The minimum atomic E-state index is -3.35. The Morgan fingerprint density at radius 2 is 2.06 bits per heavy atom. The molecule has 1 amide bonds. The maximum Gasteiger partial charge on any atom is 0.219 e. The first-order chi connectivity index (χ1) is 8.36. The van der Waals surface area contributed by atoms with Gasteiger partial charge in [0.25, 0.3) is 0 Å². The van der Waals surface area contributed by atoms with Crippen molar-refractivity contribution in [3.63, 3.8) is 0 Å². The molecule has 6 heteroatoms. The van der Waals surface area contributed by atoms with Crippen LogP contribution in [0, 0.1) is 6.92 Å². The summed E-state index contributed by atoms with van der Waals surface area (Å²) in [5.74, 6) is -0.190. The second-order valence-electron chi connectivity index (χ2n) is 4.12. The Labute approximate surface area is 107 Å². The molecule has 0 radical (unpaired) electrons. The number of benzene rings is 1. The van der Waals surface area contributed by atoms with E-state index < -0.39 is 9.84 Å². The molecule has 0 aliphatic rings. The second kappa shape index (κ2) is 5.86. The number of nitrogen functional groups attached to an aromatic ring is 1. The Bertz CT molecular complexity index is 538. The minimum Gasteiger partial charge on any atom is -0.399 e. The van der Waals surface area contributed by atoms with Crippen LogP contribution >= 0.6 is 0 Å². The van der Waals surface area contributed by atoms with E-state index in [2.05, 4.69) is 5.32 Å². The summed E-state index contributed by atoms with van der Waals surface area (Å²) in [4.78, 5) is 11.3. The summed E-state index contributed by atoms with van der Waals surface area (Å²) in [7, 11) is -1.82. The van der Waals surface area contributed by atoms with E-state index in [-0.39, 0.29) is 23.0 Å². The van der Waals surface area contributed by atoms with Crippen LogP contribution in [0.4, 0.5) is 5.69 Å². The number of carbonyl (C=O) groups excluding carboxylic acids is 1. The third-order valence-corrected chi connectivity index (χ3v) is 4.58. The average molecular weight is 270 g/mol. The molecule has 0 aliphatic heterocycles. The Kier molecular flexibility index (Phi) is 4.72. The van der Waals surface area contributed by atoms with Crippen molar-refractivity contribution in [3.05, 3.63) is 23.8 Å². The second-order valence-corrected chi connectivity index (χ2v) is 6.20. The lowest BCUT2D eigenvalue weighted by atomic mass is 10.2. The number of hydrogen-bond acceptors (Lipinski definition) is 4. The predicted octanol–water partition coefficient (Wildman–Crippen LogP) is 0.877. The molecule has 0 bridgehead atoms. The highest BCUT2D eigenvalue weighted by atomic mass is 32.2. The lowest BCUT2D eigenvalue weighted by Crippen LogP contribution is -2.19. The summed E-state index contributed by atoms with van der Waals surface area (Å²) >= 11 is 0. The molecule has 18 heavy (non-hydrogen) atoms. The van der Waals surface area contributed by atoms with Crippen LogP contribution in [0.1, 0.15) is 18.4 Å². The van der Waals surface area contributed by atoms with E-state index in [0.717, 1.165) is 0 Å². The number of rotatable bonds is 5. The number of nitrogens with one attached hydrogen (secondary N) is 1. The summed E-state index contributed by atoms with van der Waals surface area (Å²) in [6.45, 7) is 1.71. The van der Waals surface area contributed by atoms with E-state index in [1.807, 2.05) is 0 Å². The number of anilines is 1. The van der Waals surface area contributed by atoms with Crippen LogP contribution < -0.4 is 11.1 Å². The van der Waals surface area contributed by atoms with Gasteiger partial charge in [-0.2, -0.15) is 0 Å². The fraction of sp³-hybridized carbons (Fsp3) is 0.417. The molecule has 0 heterocycles. The first kappa shape index (κ1) is 14.5. The molecule has 1 rings (SSSR count). The van der Waals surface area contributed by atoms with Gasteiger partial charge in [-0.15, -0.1) is 0 Å². The number of nitrogens with two attached hydrogens (primary N) is 1. The fourth-order valence-electron chi connectivity index (χ4n) is 1.68. The Balaban J connectivity index is 2.77. The van der Waals surface area contributed by atoms with Gasteiger partial charge >= 0.3 is 0 Å². The predicted molar refractivity (Wildman–Crippen MR) is 70.9 cm³/mol. The van der Waals surface area contributed by atoms with Crippen molar-refractivity contribution in [2.24, 2.45) is 0 Å². The van der Waals surface area contributed by atoms with Crippen LogP contribution in [-0.2, 0) is 14.6 Å². The molecule has 0 atom stereocenters. The van der Waals surface area contributed by atoms with Gasteiger partial charge in [0.2, 0.25) is 5.91 Å². The van der Waals surface area contributed by atoms with E-state index in [0.29, 0.717) is 17.7 Å². The summed E-state index contributed by atoms with van der Waals surface area (Å²) < 4.78 is 24.1. The molecule has 0 unspecified atom stereocenters. The van der Waals surface area contributed by atoms with Gasteiger partial charge in [-0.1, -0.05) is 0 Å². The van der Waals surface area contributed by atoms with Gasteiger partial charge in [0, 0.05) is 19.2 Å². The topological polar surface area (TPSA) is 89.3 Å². The van der Waals surface area contributed by atoms with Gasteiger partial charge < -0.3 is 11.1 Å². The van der Waals surface area contributed by atoms with Crippen molar-refractivity contribution in [1.82, 2.24) is 5.32 Å². The summed E-state index contributed by atoms with van der Waals surface area (Å²) in [6, 6.07) is 4.71. The van der Waals surface area contributed by atoms with Crippen LogP contribution in [0.5, 0.6) is 0 Å². The van der Waals surface area contributed by atoms with Crippen molar-refractivity contribution >= 4 is 21.4 Å². The smallest absolute Gasteiger partial charge is 0.219 e. The first-order valence-corrected chi connectivity index (χ1v) is 7.31. The maximum absolute atomic E-state index is 12.1. The van der Waals surface area contributed by atoms with Gasteiger partial charge in [-0.25, -0.2) is 8.42 Å². The monoisotopic (exact) mass is 270 g/mol. The van der Waals surface area contributed by atoms with Crippen molar-refractivity contribution in [2.45, 2.75) is 24.7 Å². The molecule has 0 aromatic heterocycles. The highest BCUT2D eigenvalue weighted by Gasteiger charge is 2.17. The minimum absolute atomic E-state index is 0.0365. The van der Waals surface area contributed by atoms with Crippen molar-refractivity contribution in [3.8, 4) is 0 Å². The Morgan fingerprint density at radius 1 is 1.39 bits per heavy atom. The highest BCUT2D eigenvalue weighted by Crippen LogP contribution is 2.20. The molecule has 0 saturated carbocycles. The summed E-state index contributed by atoms with van der Waals surface area (Å²) in [6.07, 6.45) is 0.523. The molecule has 0 fully saturated rings.